The minimum Gasteiger partial charge on any atom is -0.494 e. The molecule has 4 unspecified atom stereocenters. The Kier molecular flexibility index (Phi) is 4.29. The van der Waals surface area contributed by atoms with Crippen LogP contribution in [0.5, 0.6) is 11.6 Å². The Labute approximate surface area is 163 Å². The molecule has 2 aliphatic carbocycles. The van der Waals surface area contributed by atoms with Crippen LogP contribution in [0, 0.1) is 22.7 Å². The lowest BCUT2D eigenvalue weighted by Gasteiger charge is -2.64. The summed E-state index contributed by atoms with van der Waals surface area (Å²) in [7, 11) is 0. The van der Waals surface area contributed by atoms with Crippen molar-refractivity contribution in [1.29, 1.82) is 0 Å². The van der Waals surface area contributed by atoms with Gasteiger partial charge in [0.15, 0.2) is 5.88 Å². The number of nitrogens with one attached hydrogen (secondary N) is 1. The van der Waals surface area contributed by atoms with Gasteiger partial charge >= 0.3 is 0 Å². The molecule has 0 spiro atoms. The van der Waals surface area contributed by atoms with Gasteiger partial charge in [0.1, 0.15) is 11.4 Å². The third-order valence-corrected chi connectivity index (χ3v) is 8.52. The number of ether oxygens (including phenoxy) is 1. The Morgan fingerprint density at radius 2 is 1.93 bits per heavy atom. The first-order valence-corrected chi connectivity index (χ1v) is 10.7. The summed E-state index contributed by atoms with van der Waals surface area (Å²) in [5, 5.41) is 12.0. The normalized spacial score (nSPS) is 35.7. The number of rotatable bonds is 3. The van der Waals surface area contributed by atoms with Crippen LogP contribution in [0.2, 0.25) is 0 Å². The van der Waals surface area contributed by atoms with Crippen LogP contribution in [0.4, 0.5) is 0 Å². The summed E-state index contributed by atoms with van der Waals surface area (Å²) in [6.45, 7) is 12.1. The number of fused-ring (bicyclic) bond motifs is 2. The Hall–Kier alpha value is -1.64. The minimum absolute atomic E-state index is 0.147. The number of hydrogen-bond acceptors (Lipinski definition) is 2. The highest BCUT2D eigenvalue weighted by atomic mass is 16.5. The van der Waals surface area contributed by atoms with Crippen LogP contribution in [0.15, 0.2) is 24.4 Å². The first kappa shape index (κ1) is 18.7. The van der Waals surface area contributed by atoms with Crippen molar-refractivity contribution >= 4 is 10.8 Å². The monoisotopic (exact) mass is 369 g/mol. The summed E-state index contributed by atoms with van der Waals surface area (Å²) < 4.78 is 7.15. The fourth-order valence-corrected chi connectivity index (χ4v) is 6.54. The molecule has 2 aliphatic rings. The summed E-state index contributed by atoms with van der Waals surface area (Å²) in [4.78, 5) is 2.96. The number of benzene rings is 1. The Morgan fingerprint density at radius 1 is 1.15 bits per heavy atom. The first-order valence-electron chi connectivity index (χ1n) is 10.7. The lowest BCUT2D eigenvalue weighted by molar-refractivity contribution is -0.202. The van der Waals surface area contributed by atoms with E-state index in [4.69, 9.17) is 4.74 Å². The maximum atomic E-state index is 10.1. The van der Waals surface area contributed by atoms with Gasteiger partial charge in [-0.3, -0.25) is 0 Å². The summed E-state index contributed by atoms with van der Waals surface area (Å²) in [5.74, 6) is 2.35. The van der Waals surface area contributed by atoms with Crippen LogP contribution in [-0.2, 0) is 0 Å². The second-order valence-corrected chi connectivity index (χ2v) is 9.99. The molecule has 0 bridgehead atoms. The third kappa shape index (κ3) is 2.53. The van der Waals surface area contributed by atoms with Gasteiger partial charge in [-0.1, -0.05) is 40.7 Å². The van der Waals surface area contributed by atoms with Gasteiger partial charge in [-0.25, -0.2) is 0 Å². The van der Waals surface area contributed by atoms with Crippen LogP contribution in [-0.4, -0.2) is 15.7 Å². The van der Waals surface area contributed by atoms with E-state index in [1.165, 1.54) is 25.7 Å². The van der Waals surface area contributed by atoms with E-state index in [9.17, 15) is 5.11 Å². The van der Waals surface area contributed by atoms with Crippen molar-refractivity contribution in [2.24, 2.45) is 22.7 Å². The molecular formula is C24H35NO2. The number of aromatic nitrogens is 1. The maximum absolute atomic E-state index is 10.1. The van der Waals surface area contributed by atoms with Crippen molar-refractivity contribution in [1.82, 2.24) is 4.98 Å². The van der Waals surface area contributed by atoms with Gasteiger partial charge in [-0.15, -0.1) is 0 Å². The van der Waals surface area contributed by atoms with Crippen LogP contribution >= 0.6 is 0 Å². The van der Waals surface area contributed by atoms with E-state index in [-0.39, 0.29) is 16.9 Å². The van der Waals surface area contributed by atoms with Crippen LogP contribution in [0.3, 0.4) is 0 Å². The van der Waals surface area contributed by atoms with Crippen molar-refractivity contribution in [2.45, 2.75) is 78.7 Å². The van der Waals surface area contributed by atoms with E-state index < -0.39 is 0 Å². The van der Waals surface area contributed by atoms with Gasteiger partial charge in [-0.2, -0.15) is 0 Å². The molecular weight excluding hydrogens is 334 g/mol. The molecule has 0 radical (unpaired) electrons. The van der Waals surface area contributed by atoms with Crippen molar-refractivity contribution in [2.75, 3.05) is 0 Å². The van der Waals surface area contributed by atoms with Crippen LogP contribution < -0.4 is 4.74 Å². The highest BCUT2D eigenvalue weighted by Crippen LogP contribution is 2.64. The zero-order valence-corrected chi connectivity index (χ0v) is 17.6. The maximum Gasteiger partial charge on any atom is 0.196 e. The zero-order valence-electron chi connectivity index (χ0n) is 17.6. The number of H-pyrrole nitrogens is 1. The second kappa shape index (κ2) is 6.18. The molecule has 1 heterocycles. The van der Waals surface area contributed by atoms with E-state index >= 15 is 0 Å². The molecule has 2 aromatic rings. The summed E-state index contributed by atoms with van der Waals surface area (Å²) in [6, 6.07) is 6.04. The summed E-state index contributed by atoms with van der Waals surface area (Å²) in [5.41, 5.74) is 0.291. The molecule has 3 heteroatoms. The SMILES string of the molecule is CCC1(C)C(C)CCC2C(C)(C)CCCC21Oc1cccc2c(O)[nH]cc12. The van der Waals surface area contributed by atoms with Gasteiger partial charge in [0, 0.05) is 28.3 Å². The number of aromatic hydroxyl groups is 1. The second-order valence-electron chi connectivity index (χ2n) is 9.99. The van der Waals surface area contributed by atoms with E-state index in [0.29, 0.717) is 17.3 Å². The molecule has 2 fully saturated rings. The Bertz CT molecular complexity index is 838. The summed E-state index contributed by atoms with van der Waals surface area (Å²) in [6.07, 6.45) is 9.19. The number of hydrogen-bond donors (Lipinski definition) is 2. The van der Waals surface area contributed by atoms with Crippen molar-refractivity contribution < 1.29 is 9.84 Å². The molecule has 2 saturated carbocycles. The molecule has 3 nitrogen and oxygen atoms in total. The quantitative estimate of drug-likeness (QED) is 0.635. The average molecular weight is 370 g/mol. The predicted molar refractivity (Wildman–Crippen MR) is 111 cm³/mol. The van der Waals surface area contributed by atoms with Crippen molar-refractivity contribution in [3.05, 3.63) is 24.4 Å². The highest BCUT2D eigenvalue weighted by molar-refractivity contribution is 5.92. The smallest absolute Gasteiger partial charge is 0.196 e. The van der Waals surface area contributed by atoms with E-state index in [1.54, 1.807) is 0 Å². The van der Waals surface area contributed by atoms with Crippen molar-refractivity contribution in [3.8, 4) is 11.6 Å². The van der Waals surface area contributed by atoms with E-state index in [1.807, 2.05) is 18.3 Å². The number of aromatic amines is 1. The molecule has 1 aromatic carbocycles. The standard InChI is InChI=1S/C24H35NO2/c1-6-23(5)16(2)11-12-20-22(3,4)13-8-14-24(20,23)27-19-10-7-9-17-18(19)15-25-21(17)26/h7,9-10,15-16,20,25-26H,6,8,11-14H2,1-5H3. The van der Waals surface area contributed by atoms with Gasteiger partial charge < -0.3 is 14.8 Å². The van der Waals surface area contributed by atoms with Gasteiger partial charge in [0.2, 0.25) is 0 Å². The van der Waals surface area contributed by atoms with Crippen molar-refractivity contribution in [3.63, 3.8) is 0 Å². The first-order chi connectivity index (χ1) is 12.7. The molecule has 148 valence electrons. The van der Waals surface area contributed by atoms with E-state index in [2.05, 4.69) is 45.7 Å². The summed E-state index contributed by atoms with van der Waals surface area (Å²) >= 11 is 0. The highest BCUT2D eigenvalue weighted by Gasteiger charge is 2.63. The largest absolute Gasteiger partial charge is 0.494 e. The Balaban J connectivity index is 1.88. The molecule has 2 N–H and O–H groups in total. The molecule has 0 aliphatic heterocycles. The van der Waals surface area contributed by atoms with Gasteiger partial charge in [0.25, 0.3) is 0 Å². The third-order valence-electron chi connectivity index (χ3n) is 8.52. The average Bonchev–Trinajstić information content (AvgIpc) is 3.01. The molecule has 0 amide bonds. The topological polar surface area (TPSA) is 45.2 Å². The van der Waals surface area contributed by atoms with Crippen LogP contribution in [0.1, 0.15) is 73.1 Å². The minimum atomic E-state index is -0.150. The fourth-order valence-electron chi connectivity index (χ4n) is 6.54. The van der Waals surface area contributed by atoms with E-state index in [0.717, 1.165) is 29.4 Å². The van der Waals surface area contributed by atoms with Gasteiger partial charge in [0.05, 0.1) is 0 Å². The molecule has 4 rings (SSSR count). The fraction of sp³-hybridized carbons (Fsp3) is 0.667. The zero-order chi connectivity index (χ0) is 19.4. The lowest BCUT2D eigenvalue weighted by atomic mass is 9.45. The molecule has 1 aromatic heterocycles. The lowest BCUT2D eigenvalue weighted by Crippen LogP contribution is -2.66. The van der Waals surface area contributed by atoms with Gasteiger partial charge in [-0.05, 0) is 62.0 Å². The molecule has 4 atom stereocenters. The van der Waals surface area contributed by atoms with Crippen LogP contribution in [0.25, 0.3) is 10.8 Å². The molecule has 0 saturated heterocycles. The Morgan fingerprint density at radius 3 is 2.67 bits per heavy atom. The molecule has 27 heavy (non-hydrogen) atoms. The predicted octanol–water partition coefficient (Wildman–Crippen LogP) is 6.66.